The quantitative estimate of drug-likeness (QED) is 0.586. The highest BCUT2D eigenvalue weighted by Crippen LogP contribution is 2.36. The van der Waals surface area contributed by atoms with Crippen molar-refractivity contribution in [3.8, 4) is 11.4 Å². The van der Waals surface area contributed by atoms with E-state index in [1.54, 1.807) is 24.3 Å². The first-order valence-electron chi connectivity index (χ1n) is 5.95. The maximum atomic E-state index is 11.1. The summed E-state index contributed by atoms with van der Waals surface area (Å²) in [7, 11) is 0. The maximum absolute atomic E-state index is 11.1. The fourth-order valence-electron chi connectivity index (χ4n) is 2.15. The van der Waals surface area contributed by atoms with E-state index < -0.39 is 9.85 Å². The van der Waals surface area contributed by atoms with Crippen LogP contribution in [0.5, 0.6) is 0 Å². The molecular weight excluding hydrogens is 276 g/mol. The van der Waals surface area contributed by atoms with Gasteiger partial charge in [0.25, 0.3) is 11.4 Å². The summed E-state index contributed by atoms with van der Waals surface area (Å²) < 4.78 is 0. The van der Waals surface area contributed by atoms with Crippen LogP contribution in [-0.2, 0) is 0 Å². The number of benzene rings is 2. The van der Waals surface area contributed by atoms with Crippen LogP contribution in [0.4, 0.5) is 11.4 Å². The van der Waals surface area contributed by atoms with E-state index in [1.165, 1.54) is 18.2 Å². The third-order valence-electron chi connectivity index (χ3n) is 3.04. The minimum atomic E-state index is -0.657. The fourth-order valence-corrected chi connectivity index (χ4v) is 2.15. The molecule has 104 valence electrons. The molecule has 3 rings (SSSR count). The molecule has 2 aromatic carbocycles. The zero-order chi connectivity index (χ0) is 15.0. The summed E-state index contributed by atoms with van der Waals surface area (Å²) in [5.74, 6) is 0.107. The van der Waals surface area contributed by atoms with Gasteiger partial charge >= 0.3 is 0 Å². The number of hydrogen-bond acceptors (Lipinski definition) is 5. The molecule has 0 atom stereocenters. The van der Waals surface area contributed by atoms with Gasteiger partial charge in [0.15, 0.2) is 11.4 Å². The molecule has 0 spiro atoms. The van der Waals surface area contributed by atoms with E-state index in [4.69, 9.17) is 0 Å². The topological polar surface area (TPSA) is 115 Å². The predicted octanol–water partition coefficient (Wildman–Crippen LogP) is 3.05. The van der Waals surface area contributed by atoms with Crippen LogP contribution in [0.25, 0.3) is 22.4 Å². The fraction of sp³-hybridized carbons (Fsp3) is 0. The number of nitro benzene ring substituents is 2. The van der Waals surface area contributed by atoms with E-state index in [0.717, 1.165) is 0 Å². The molecule has 0 aliphatic heterocycles. The lowest BCUT2D eigenvalue weighted by atomic mass is 10.1. The van der Waals surface area contributed by atoms with Crippen LogP contribution in [0.3, 0.4) is 0 Å². The largest absolute Gasteiger partial charge is 0.338 e. The number of para-hydroxylation sites is 2. The molecule has 8 nitrogen and oxygen atoms in total. The average Bonchev–Trinajstić information content (AvgIpc) is 2.89. The van der Waals surface area contributed by atoms with Crippen molar-refractivity contribution in [3.05, 3.63) is 62.7 Å². The molecule has 1 aromatic heterocycles. The van der Waals surface area contributed by atoms with Crippen molar-refractivity contribution in [2.45, 2.75) is 0 Å². The van der Waals surface area contributed by atoms with Gasteiger partial charge in [-0.25, -0.2) is 4.98 Å². The number of nitrogens with zero attached hydrogens (tertiary/aromatic N) is 3. The van der Waals surface area contributed by atoms with Crippen molar-refractivity contribution in [2.24, 2.45) is 0 Å². The van der Waals surface area contributed by atoms with E-state index in [1.807, 2.05) is 0 Å². The van der Waals surface area contributed by atoms with Gasteiger partial charge in [0.05, 0.1) is 20.9 Å². The third kappa shape index (κ3) is 2.08. The van der Waals surface area contributed by atoms with Gasteiger partial charge in [-0.1, -0.05) is 12.1 Å². The van der Waals surface area contributed by atoms with Crippen LogP contribution < -0.4 is 0 Å². The molecular formula is C13H8N4O4. The molecule has 0 saturated heterocycles. The highest BCUT2D eigenvalue weighted by Gasteiger charge is 2.28. The molecule has 0 saturated carbocycles. The van der Waals surface area contributed by atoms with Crippen LogP contribution in [0.15, 0.2) is 42.5 Å². The van der Waals surface area contributed by atoms with Crippen molar-refractivity contribution >= 4 is 22.4 Å². The third-order valence-corrected chi connectivity index (χ3v) is 3.04. The normalized spacial score (nSPS) is 10.7. The number of nitro groups is 2. The monoisotopic (exact) mass is 284 g/mol. The molecule has 1 N–H and O–H groups in total. The first kappa shape index (κ1) is 12.7. The van der Waals surface area contributed by atoms with Crippen LogP contribution in [0.2, 0.25) is 0 Å². The molecule has 0 fully saturated rings. The maximum Gasteiger partial charge on any atom is 0.287 e. The van der Waals surface area contributed by atoms with Gasteiger partial charge < -0.3 is 4.98 Å². The Bertz CT molecular complexity index is 806. The molecule has 0 radical (unpaired) electrons. The Hall–Kier alpha value is -3.29. The standard InChI is InChI=1S/C13H8N4O4/c18-16(19)10-6-3-7-11(17(20)21)12(10)13-14-8-4-1-2-5-9(8)15-13/h1-7H,(H,14,15). The summed E-state index contributed by atoms with van der Waals surface area (Å²) in [6, 6.07) is 10.7. The van der Waals surface area contributed by atoms with Gasteiger partial charge in [0, 0.05) is 12.1 Å². The Morgan fingerprint density at radius 1 is 0.905 bits per heavy atom. The number of rotatable bonds is 3. The van der Waals surface area contributed by atoms with E-state index in [2.05, 4.69) is 9.97 Å². The first-order valence-corrected chi connectivity index (χ1v) is 5.95. The van der Waals surface area contributed by atoms with Gasteiger partial charge in [0.2, 0.25) is 0 Å². The zero-order valence-electron chi connectivity index (χ0n) is 10.5. The molecule has 0 aliphatic rings. The summed E-state index contributed by atoms with van der Waals surface area (Å²) in [5, 5.41) is 22.3. The summed E-state index contributed by atoms with van der Waals surface area (Å²) >= 11 is 0. The Kier molecular flexibility index (Phi) is 2.83. The SMILES string of the molecule is O=[N+]([O-])c1cccc([N+](=O)[O-])c1-c1nc2ccccc2[nH]1. The number of fused-ring (bicyclic) bond motifs is 1. The molecule has 1 heterocycles. The Labute approximate surface area is 117 Å². The van der Waals surface area contributed by atoms with Crippen LogP contribution in [-0.4, -0.2) is 19.8 Å². The van der Waals surface area contributed by atoms with Gasteiger partial charge in [-0.3, -0.25) is 20.2 Å². The van der Waals surface area contributed by atoms with Gasteiger partial charge in [-0.2, -0.15) is 0 Å². The predicted molar refractivity (Wildman–Crippen MR) is 74.8 cm³/mol. The highest BCUT2D eigenvalue weighted by molar-refractivity contribution is 5.85. The van der Waals surface area contributed by atoms with Crippen LogP contribution in [0, 0.1) is 20.2 Å². The molecule has 0 unspecified atom stereocenters. The Balaban J connectivity index is 2.33. The number of aromatic nitrogens is 2. The number of imidazole rings is 1. The minimum absolute atomic E-state index is 0.107. The molecule has 0 aliphatic carbocycles. The summed E-state index contributed by atoms with van der Waals surface area (Å²) in [5.41, 5.74) is 0.398. The zero-order valence-corrected chi connectivity index (χ0v) is 10.5. The Morgan fingerprint density at radius 2 is 1.52 bits per heavy atom. The van der Waals surface area contributed by atoms with Crippen molar-refractivity contribution in [3.63, 3.8) is 0 Å². The van der Waals surface area contributed by atoms with E-state index >= 15 is 0 Å². The van der Waals surface area contributed by atoms with Gasteiger partial charge in [-0.15, -0.1) is 0 Å². The molecule has 8 heteroatoms. The number of nitrogens with one attached hydrogen (secondary N) is 1. The lowest BCUT2D eigenvalue weighted by molar-refractivity contribution is -0.392. The molecule has 0 bridgehead atoms. The van der Waals surface area contributed by atoms with Crippen molar-refractivity contribution in [1.29, 1.82) is 0 Å². The van der Waals surface area contributed by atoms with Crippen LogP contribution >= 0.6 is 0 Å². The second-order valence-corrected chi connectivity index (χ2v) is 4.29. The average molecular weight is 284 g/mol. The van der Waals surface area contributed by atoms with Gasteiger partial charge in [0.1, 0.15) is 0 Å². The second-order valence-electron chi connectivity index (χ2n) is 4.29. The Morgan fingerprint density at radius 3 is 2.10 bits per heavy atom. The van der Waals surface area contributed by atoms with Gasteiger partial charge in [-0.05, 0) is 18.2 Å². The second kappa shape index (κ2) is 4.67. The van der Waals surface area contributed by atoms with E-state index in [9.17, 15) is 20.2 Å². The highest BCUT2D eigenvalue weighted by atomic mass is 16.6. The number of H-pyrrole nitrogens is 1. The lowest BCUT2D eigenvalue weighted by Gasteiger charge is -2.00. The molecule has 21 heavy (non-hydrogen) atoms. The summed E-state index contributed by atoms with van der Waals surface area (Å²) in [4.78, 5) is 28.0. The number of aromatic amines is 1. The molecule has 3 aromatic rings. The van der Waals surface area contributed by atoms with Crippen molar-refractivity contribution in [1.82, 2.24) is 9.97 Å². The summed E-state index contributed by atoms with van der Waals surface area (Å²) in [6.45, 7) is 0. The number of hydrogen-bond donors (Lipinski definition) is 1. The van der Waals surface area contributed by atoms with E-state index in [-0.39, 0.29) is 22.8 Å². The minimum Gasteiger partial charge on any atom is -0.338 e. The smallest absolute Gasteiger partial charge is 0.287 e. The van der Waals surface area contributed by atoms with E-state index in [0.29, 0.717) is 11.0 Å². The summed E-state index contributed by atoms with van der Waals surface area (Å²) in [6.07, 6.45) is 0. The van der Waals surface area contributed by atoms with Crippen molar-refractivity contribution < 1.29 is 9.85 Å². The van der Waals surface area contributed by atoms with Crippen molar-refractivity contribution in [2.75, 3.05) is 0 Å². The van der Waals surface area contributed by atoms with Crippen LogP contribution in [0.1, 0.15) is 0 Å². The molecule has 0 amide bonds. The first-order chi connectivity index (χ1) is 10.1. The lowest BCUT2D eigenvalue weighted by Crippen LogP contribution is -1.98.